The molecule has 0 unspecified atom stereocenters. The molecule has 7 rings (SSSR count). The van der Waals surface area contributed by atoms with E-state index < -0.39 is 5.97 Å². The molecule has 7 nitrogen and oxygen atoms in total. The largest absolute Gasteiger partial charge is 0.507 e. The third kappa shape index (κ3) is 5.38. The zero-order valence-corrected chi connectivity index (χ0v) is 24.2. The maximum Gasteiger partial charge on any atom is 0.338 e. The van der Waals surface area contributed by atoms with E-state index in [2.05, 4.69) is 18.2 Å². The second kappa shape index (κ2) is 11.5. The summed E-state index contributed by atoms with van der Waals surface area (Å²) in [4.78, 5) is 12.4. The first-order valence-electron chi connectivity index (χ1n) is 14.8. The minimum absolute atomic E-state index is 0.00620. The Bertz CT molecular complexity index is 1390. The van der Waals surface area contributed by atoms with Crippen molar-refractivity contribution in [1.82, 2.24) is 0 Å². The molecule has 41 heavy (non-hydrogen) atoms. The Morgan fingerprint density at radius 2 is 1.63 bits per heavy atom. The van der Waals surface area contributed by atoms with Crippen LogP contribution in [0.25, 0.3) is 21.9 Å². The molecule has 0 spiro atoms. The SMILES string of the molecule is CCOC(=O)c1cc(O)c2cc(-c3cc(C45CC6CC(CC(C6)C4)C5)ccc3OCOCCOC)cc(OC)c2c1. The molecule has 4 aliphatic carbocycles. The van der Waals surface area contributed by atoms with Gasteiger partial charge >= 0.3 is 5.97 Å². The normalized spacial score (nSPS) is 24.5. The summed E-state index contributed by atoms with van der Waals surface area (Å²) in [5, 5.41) is 12.3. The van der Waals surface area contributed by atoms with E-state index >= 15 is 0 Å². The number of phenolic OH excluding ortho intramolecular Hbond substituents is 1. The van der Waals surface area contributed by atoms with E-state index in [0.717, 1.165) is 28.9 Å². The third-order valence-corrected chi connectivity index (χ3v) is 9.41. The van der Waals surface area contributed by atoms with Gasteiger partial charge in [0.2, 0.25) is 0 Å². The summed E-state index contributed by atoms with van der Waals surface area (Å²) >= 11 is 0. The molecular formula is C34H40O7. The molecule has 0 amide bonds. The van der Waals surface area contributed by atoms with E-state index in [1.807, 2.05) is 12.1 Å². The van der Waals surface area contributed by atoms with E-state index in [0.29, 0.717) is 35.5 Å². The zero-order chi connectivity index (χ0) is 28.6. The molecule has 4 bridgehead atoms. The summed E-state index contributed by atoms with van der Waals surface area (Å²) in [6.07, 6.45) is 7.95. The van der Waals surface area contributed by atoms with Crippen LogP contribution >= 0.6 is 0 Å². The predicted octanol–water partition coefficient (Wildman–Crippen LogP) is 6.86. The van der Waals surface area contributed by atoms with Gasteiger partial charge in [-0.05, 0) is 116 Å². The van der Waals surface area contributed by atoms with Crippen LogP contribution < -0.4 is 9.47 Å². The predicted molar refractivity (Wildman–Crippen MR) is 157 cm³/mol. The van der Waals surface area contributed by atoms with Gasteiger partial charge in [0.15, 0.2) is 6.79 Å². The fourth-order valence-corrected chi connectivity index (χ4v) is 8.05. The van der Waals surface area contributed by atoms with Crippen molar-refractivity contribution >= 4 is 16.7 Å². The molecule has 0 radical (unpaired) electrons. The molecule has 1 N–H and O–H groups in total. The van der Waals surface area contributed by atoms with Crippen LogP contribution in [-0.2, 0) is 19.6 Å². The minimum atomic E-state index is -0.483. The first-order chi connectivity index (χ1) is 19.9. The van der Waals surface area contributed by atoms with E-state index in [1.165, 1.54) is 50.2 Å². The zero-order valence-electron chi connectivity index (χ0n) is 24.2. The van der Waals surface area contributed by atoms with E-state index in [1.54, 1.807) is 27.2 Å². The average molecular weight is 561 g/mol. The van der Waals surface area contributed by atoms with Crippen molar-refractivity contribution in [2.24, 2.45) is 17.8 Å². The highest BCUT2D eigenvalue weighted by Crippen LogP contribution is 2.61. The lowest BCUT2D eigenvalue weighted by Gasteiger charge is -2.57. The molecule has 7 heteroatoms. The molecule has 0 saturated heterocycles. The molecule has 4 aliphatic rings. The summed E-state index contributed by atoms with van der Waals surface area (Å²) in [5.74, 6) is 3.28. The van der Waals surface area contributed by atoms with Crippen molar-refractivity contribution in [3.8, 4) is 28.4 Å². The lowest BCUT2D eigenvalue weighted by Crippen LogP contribution is -2.48. The highest BCUT2D eigenvalue weighted by molar-refractivity contribution is 6.02. The van der Waals surface area contributed by atoms with Gasteiger partial charge in [0, 0.05) is 23.4 Å². The van der Waals surface area contributed by atoms with Crippen LogP contribution in [0.5, 0.6) is 17.2 Å². The Kier molecular flexibility index (Phi) is 7.84. The number of methoxy groups -OCH3 is 2. The number of aromatic hydroxyl groups is 1. The van der Waals surface area contributed by atoms with Gasteiger partial charge in [-0.15, -0.1) is 0 Å². The molecule has 4 saturated carbocycles. The molecule has 0 heterocycles. The highest BCUT2D eigenvalue weighted by Gasteiger charge is 2.51. The molecule has 4 fully saturated rings. The standard InChI is InChI=1S/C34H40O7/c1-4-40-33(36)25-13-29-28(30(35)14-25)12-24(15-32(29)38-3)27-16-26(5-6-31(27)41-20-39-8-7-37-2)34-17-21-9-22(18-34)11-23(10-21)19-34/h5-6,12-16,21-23,35H,4,7-11,17-20H2,1-3H3. The second-order valence-electron chi connectivity index (χ2n) is 12.1. The smallest absolute Gasteiger partial charge is 0.338 e. The number of hydrogen-bond donors (Lipinski definition) is 1. The van der Waals surface area contributed by atoms with Crippen LogP contribution in [-0.4, -0.2) is 51.9 Å². The van der Waals surface area contributed by atoms with E-state index in [-0.39, 0.29) is 30.1 Å². The van der Waals surface area contributed by atoms with Crippen molar-refractivity contribution in [3.05, 3.63) is 53.6 Å². The highest BCUT2D eigenvalue weighted by atomic mass is 16.7. The van der Waals surface area contributed by atoms with Crippen LogP contribution in [0.3, 0.4) is 0 Å². The summed E-state index contributed by atoms with van der Waals surface area (Å²) in [6, 6.07) is 13.7. The first-order valence-corrected chi connectivity index (χ1v) is 14.8. The maximum atomic E-state index is 12.4. The monoisotopic (exact) mass is 560 g/mol. The number of carbonyl (C=O) groups is 1. The molecular weight excluding hydrogens is 520 g/mol. The second-order valence-corrected chi connectivity index (χ2v) is 12.1. The molecule has 3 aromatic rings. The molecule has 0 atom stereocenters. The number of fused-ring (bicyclic) bond motifs is 1. The Labute approximate surface area is 241 Å². The summed E-state index contributed by atoms with van der Waals surface area (Å²) < 4.78 is 27.8. The number of hydrogen-bond acceptors (Lipinski definition) is 7. The van der Waals surface area contributed by atoms with Crippen LogP contribution in [0, 0.1) is 17.8 Å². The Hall–Kier alpha value is -3.29. The van der Waals surface area contributed by atoms with E-state index in [9.17, 15) is 9.90 Å². The van der Waals surface area contributed by atoms with Crippen LogP contribution in [0.4, 0.5) is 0 Å². The van der Waals surface area contributed by atoms with Crippen molar-refractivity contribution in [2.45, 2.75) is 50.9 Å². The van der Waals surface area contributed by atoms with Crippen molar-refractivity contribution in [2.75, 3.05) is 40.8 Å². The molecule has 0 aliphatic heterocycles. The van der Waals surface area contributed by atoms with Gasteiger partial charge in [-0.1, -0.05) is 6.07 Å². The van der Waals surface area contributed by atoms with Gasteiger partial charge in [-0.3, -0.25) is 0 Å². The summed E-state index contributed by atoms with van der Waals surface area (Å²) in [6.45, 7) is 3.05. The Morgan fingerprint density at radius 3 is 2.29 bits per heavy atom. The van der Waals surface area contributed by atoms with Crippen molar-refractivity contribution in [3.63, 3.8) is 0 Å². The Morgan fingerprint density at radius 1 is 0.902 bits per heavy atom. The number of ether oxygens (including phenoxy) is 5. The van der Waals surface area contributed by atoms with E-state index in [4.69, 9.17) is 23.7 Å². The number of rotatable bonds is 11. The van der Waals surface area contributed by atoms with Gasteiger partial charge in [-0.2, -0.15) is 0 Å². The fourth-order valence-electron chi connectivity index (χ4n) is 8.05. The quantitative estimate of drug-likeness (QED) is 0.156. The van der Waals surface area contributed by atoms with Crippen LogP contribution in [0.2, 0.25) is 0 Å². The van der Waals surface area contributed by atoms with Gasteiger partial charge < -0.3 is 28.8 Å². The van der Waals surface area contributed by atoms with Gasteiger partial charge in [0.1, 0.15) is 17.2 Å². The lowest BCUT2D eigenvalue weighted by atomic mass is 9.48. The minimum Gasteiger partial charge on any atom is -0.507 e. The number of phenols is 1. The topological polar surface area (TPSA) is 83.5 Å². The average Bonchev–Trinajstić information content (AvgIpc) is 2.96. The lowest BCUT2D eigenvalue weighted by molar-refractivity contribution is -0.00877. The van der Waals surface area contributed by atoms with Crippen LogP contribution in [0.1, 0.15) is 61.4 Å². The van der Waals surface area contributed by atoms with Crippen molar-refractivity contribution < 1.29 is 33.6 Å². The fraction of sp³-hybridized carbons (Fsp3) is 0.500. The molecule has 218 valence electrons. The number of carbonyl (C=O) groups excluding carboxylic acids is 1. The van der Waals surface area contributed by atoms with Gasteiger partial charge in [-0.25, -0.2) is 4.79 Å². The Balaban J connectivity index is 1.43. The van der Waals surface area contributed by atoms with Crippen LogP contribution in [0.15, 0.2) is 42.5 Å². The van der Waals surface area contributed by atoms with Crippen molar-refractivity contribution in [1.29, 1.82) is 0 Å². The third-order valence-electron chi connectivity index (χ3n) is 9.41. The first kappa shape index (κ1) is 27.9. The van der Waals surface area contributed by atoms with Gasteiger partial charge in [0.25, 0.3) is 0 Å². The summed E-state index contributed by atoms with van der Waals surface area (Å²) in [7, 11) is 3.24. The number of esters is 1. The molecule has 3 aromatic carbocycles. The van der Waals surface area contributed by atoms with Gasteiger partial charge in [0.05, 0.1) is 32.5 Å². The summed E-state index contributed by atoms with van der Waals surface area (Å²) in [5.41, 5.74) is 3.67. The maximum absolute atomic E-state index is 12.4. The number of benzene rings is 3. The molecule has 0 aromatic heterocycles.